The van der Waals surface area contributed by atoms with Crippen LogP contribution in [0.1, 0.15) is 26.2 Å². The molecule has 4 aromatic rings. The number of nitrogens with one attached hydrogen (secondary N) is 1. The summed E-state index contributed by atoms with van der Waals surface area (Å²) in [6, 6.07) is 10.7. The maximum Gasteiger partial charge on any atom is 0.233 e. The molecule has 0 saturated heterocycles. The summed E-state index contributed by atoms with van der Waals surface area (Å²) in [5.41, 5.74) is 1.64. The van der Waals surface area contributed by atoms with Crippen molar-refractivity contribution in [1.82, 2.24) is 24.5 Å². The number of aromatic nitrogens is 5. The van der Waals surface area contributed by atoms with E-state index >= 15 is 0 Å². The number of hydrogen-bond donors (Lipinski definition) is 1. The van der Waals surface area contributed by atoms with Crippen molar-refractivity contribution in [2.45, 2.75) is 26.2 Å². The molecular formula is C25H28N6O5S. The lowest BCUT2D eigenvalue weighted by Gasteiger charge is -2.16. The zero-order valence-corrected chi connectivity index (χ0v) is 21.7. The second kappa shape index (κ2) is 10.2. The third-order valence-electron chi connectivity index (χ3n) is 5.99. The molecule has 1 aliphatic carbocycles. The Balaban J connectivity index is 1.68. The van der Waals surface area contributed by atoms with Crippen molar-refractivity contribution in [2.24, 2.45) is 5.92 Å². The lowest BCUT2D eigenvalue weighted by Crippen LogP contribution is -2.18. The van der Waals surface area contributed by atoms with Crippen molar-refractivity contribution in [3.8, 4) is 34.6 Å². The van der Waals surface area contributed by atoms with Gasteiger partial charge in [-0.15, -0.1) is 0 Å². The van der Waals surface area contributed by atoms with Crippen molar-refractivity contribution in [3.05, 3.63) is 42.6 Å². The molecule has 3 heterocycles. The van der Waals surface area contributed by atoms with E-state index in [0.717, 1.165) is 12.8 Å². The van der Waals surface area contributed by atoms with E-state index in [1.807, 2.05) is 13.0 Å². The largest absolute Gasteiger partial charge is 0.494 e. The molecule has 0 radical (unpaired) electrons. The second-order valence-electron chi connectivity index (χ2n) is 8.63. The summed E-state index contributed by atoms with van der Waals surface area (Å²) in [6.45, 7) is 2.34. The van der Waals surface area contributed by atoms with Gasteiger partial charge in [-0.25, -0.2) is 28.4 Å². The van der Waals surface area contributed by atoms with Crippen molar-refractivity contribution in [2.75, 3.05) is 31.3 Å². The monoisotopic (exact) mass is 524 g/mol. The summed E-state index contributed by atoms with van der Waals surface area (Å²) in [6.07, 6.45) is 4.17. The Kier molecular flexibility index (Phi) is 6.83. The first-order chi connectivity index (χ1) is 17.9. The molecule has 1 aliphatic rings. The van der Waals surface area contributed by atoms with E-state index in [1.54, 1.807) is 49.1 Å². The number of pyridine rings is 1. The molecule has 0 atom stereocenters. The van der Waals surface area contributed by atoms with Gasteiger partial charge in [0.05, 0.1) is 32.8 Å². The average molecular weight is 525 g/mol. The summed E-state index contributed by atoms with van der Waals surface area (Å²) in [4.78, 5) is 18.3. The van der Waals surface area contributed by atoms with Crippen LogP contribution in [0, 0.1) is 5.92 Å². The highest BCUT2D eigenvalue weighted by Gasteiger charge is 2.26. The first-order valence-electron chi connectivity index (χ1n) is 12.0. The minimum atomic E-state index is -3.58. The van der Waals surface area contributed by atoms with E-state index < -0.39 is 10.0 Å². The number of sulfonamides is 1. The lowest BCUT2D eigenvalue weighted by molar-refractivity contribution is 0.327. The highest BCUT2D eigenvalue weighted by atomic mass is 32.2. The predicted octanol–water partition coefficient (Wildman–Crippen LogP) is 3.84. The van der Waals surface area contributed by atoms with Crippen LogP contribution in [0.25, 0.3) is 28.5 Å². The Morgan fingerprint density at radius 1 is 1.03 bits per heavy atom. The minimum Gasteiger partial charge on any atom is -0.494 e. The standard InChI is InChI=1S/C25H28N6O5S/c1-4-36-21-10-5-7-17(27-21)24-29-23-25(31(24)22-18(34-2)8-6-9-19(22)35-3)28-20(15-26-23)30-37(32,33)14-13-16-11-12-16/h5-10,15-16H,4,11-14H2,1-3H3,(H,28,30). The van der Waals surface area contributed by atoms with Crippen LogP contribution >= 0.6 is 0 Å². The molecule has 11 nitrogen and oxygen atoms in total. The molecule has 0 aliphatic heterocycles. The molecule has 1 saturated carbocycles. The number of para-hydroxylation sites is 1. The van der Waals surface area contributed by atoms with Crippen LogP contribution in [-0.4, -0.2) is 59.5 Å². The number of hydrogen-bond acceptors (Lipinski definition) is 9. The van der Waals surface area contributed by atoms with Crippen LogP contribution in [0.4, 0.5) is 5.82 Å². The van der Waals surface area contributed by atoms with Gasteiger partial charge in [0.1, 0.15) is 22.9 Å². The highest BCUT2D eigenvalue weighted by molar-refractivity contribution is 7.92. The number of nitrogens with zero attached hydrogens (tertiary/aromatic N) is 5. The average Bonchev–Trinajstić information content (AvgIpc) is 3.66. The maximum atomic E-state index is 12.7. The van der Waals surface area contributed by atoms with Gasteiger partial charge in [-0.2, -0.15) is 0 Å². The van der Waals surface area contributed by atoms with Gasteiger partial charge in [-0.1, -0.05) is 25.0 Å². The zero-order chi connectivity index (χ0) is 26.0. The Hall–Kier alpha value is -3.93. The summed E-state index contributed by atoms with van der Waals surface area (Å²) in [5, 5.41) is 0. The SMILES string of the molecule is CCOc1cccc(-c2nc3ncc(NS(=O)(=O)CCC4CC4)nc3n2-c2c(OC)cccc2OC)n1. The Morgan fingerprint density at radius 3 is 2.43 bits per heavy atom. The van der Waals surface area contributed by atoms with Crippen molar-refractivity contribution >= 4 is 27.1 Å². The first-order valence-corrected chi connectivity index (χ1v) is 13.6. The van der Waals surface area contributed by atoms with Crippen molar-refractivity contribution in [3.63, 3.8) is 0 Å². The molecule has 1 fully saturated rings. The van der Waals surface area contributed by atoms with Crippen LogP contribution in [0.3, 0.4) is 0 Å². The number of benzene rings is 1. The molecule has 12 heteroatoms. The van der Waals surface area contributed by atoms with Crippen molar-refractivity contribution < 1.29 is 22.6 Å². The van der Waals surface area contributed by atoms with Gasteiger partial charge in [0.2, 0.25) is 15.9 Å². The van der Waals surface area contributed by atoms with E-state index in [0.29, 0.717) is 64.8 Å². The van der Waals surface area contributed by atoms with Gasteiger partial charge in [0.25, 0.3) is 0 Å². The summed E-state index contributed by atoms with van der Waals surface area (Å²) < 4.78 is 46.5. The van der Waals surface area contributed by atoms with E-state index in [-0.39, 0.29) is 11.6 Å². The van der Waals surface area contributed by atoms with Crippen LogP contribution in [0.15, 0.2) is 42.6 Å². The second-order valence-corrected chi connectivity index (χ2v) is 10.5. The van der Waals surface area contributed by atoms with Crippen molar-refractivity contribution in [1.29, 1.82) is 0 Å². The quantitative estimate of drug-likeness (QED) is 0.311. The molecule has 5 rings (SSSR count). The molecule has 37 heavy (non-hydrogen) atoms. The number of anilines is 1. The van der Waals surface area contributed by atoms with Crippen LogP contribution < -0.4 is 18.9 Å². The molecular weight excluding hydrogens is 496 g/mol. The van der Waals surface area contributed by atoms with Gasteiger partial charge in [-0.3, -0.25) is 9.29 Å². The van der Waals surface area contributed by atoms with Gasteiger partial charge in [0.15, 0.2) is 22.9 Å². The van der Waals surface area contributed by atoms with Crippen LogP contribution in [-0.2, 0) is 10.0 Å². The lowest BCUT2D eigenvalue weighted by atomic mass is 10.2. The van der Waals surface area contributed by atoms with Gasteiger partial charge < -0.3 is 14.2 Å². The Bertz CT molecular complexity index is 1510. The highest BCUT2D eigenvalue weighted by Crippen LogP contribution is 2.38. The number of methoxy groups -OCH3 is 2. The molecule has 0 unspecified atom stereocenters. The normalized spacial score (nSPS) is 13.5. The van der Waals surface area contributed by atoms with E-state index in [4.69, 9.17) is 19.2 Å². The van der Waals surface area contributed by atoms with Gasteiger partial charge >= 0.3 is 0 Å². The molecule has 0 bridgehead atoms. The third-order valence-corrected chi connectivity index (χ3v) is 7.29. The van der Waals surface area contributed by atoms with E-state index in [2.05, 4.69) is 19.7 Å². The molecule has 1 aromatic carbocycles. The van der Waals surface area contributed by atoms with E-state index in [9.17, 15) is 8.42 Å². The number of ether oxygens (including phenoxy) is 3. The number of imidazole rings is 1. The summed E-state index contributed by atoms with van der Waals surface area (Å²) >= 11 is 0. The predicted molar refractivity (Wildman–Crippen MR) is 139 cm³/mol. The molecule has 0 spiro atoms. The molecule has 194 valence electrons. The first kappa shape index (κ1) is 24.8. The number of rotatable bonds is 11. The fourth-order valence-electron chi connectivity index (χ4n) is 4.04. The third kappa shape index (κ3) is 5.29. The fraction of sp³-hybridized carbons (Fsp3) is 0.360. The maximum absolute atomic E-state index is 12.7. The van der Waals surface area contributed by atoms with Gasteiger partial charge in [-0.05, 0) is 37.5 Å². The van der Waals surface area contributed by atoms with E-state index in [1.165, 1.54) is 6.20 Å². The smallest absolute Gasteiger partial charge is 0.233 e. The summed E-state index contributed by atoms with van der Waals surface area (Å²) in [7, 11) is -0.476. The fourth-order valence-corrected chi connectivity index (χ4v) is 5.21. The number of fused-ring (bicyclic) bond motifs is 1. The minimum absolute atomic E-state index is 0.0381. The molecule has 0 amide bonds. The van der Waals surface area contributed by atoms with Crippen LogP contribution in [0.2, 0.25) is 0 Å². The summed E-state index contributed by atoms with van der Waals surface area (Å²) in [5.74, 6) is 2.48. The Labute approximate surface area is 214 Å². The van der Waals surface area contributed by atoms with Gasteiger partial charge in [0, 0.05) is 6.07 Å². The molecule has 3 aromatic heterocycles. The zero-order valence-electron chi connectivity index (χ0n) is 20.8. The Morgan fingerprint density at radius 2 is 1.76 bits per heavy atom. The molecule has 1 N–H and O–H groups in total. The van der Waals surface area contributed by atoms with Crippen LogP contribution in [0.5, 0.6) is 17.4 Å². The topological polar surface area (TPSA) is 130 Å².